The van der Waals surface area contributed by atoms with Crippen molar-refractivity contribution in [3.63, 3.8) is 0 Å². The Labute approximate surface area is 121 Å². The van der Waals surface area contributed by atoms with Gasteiger partial charge in [0.25, 0.3) is 0 Å². The number of rotatable bonds is 2. The molecule has 1 fully saturated rings. The third kappa shape index (κ3) is 1.85. The van der Waals surface area contributed by atoms with Crippen molar-refractivity contribution in [1.82, 2.24) is 14.5 Å². The Morgan fingerprint density at radius 2 is 2.30 bits per heavy atom. The molecule has 102 valence electrons. The first-order valence-electron chi connectivity index (χ1n) is 6.85. The number of fused-ring (bicyclic) bond motifs is 1. The number of imidazole rings is 1. The zero-order valence-electron chi connectivity index (χ0n) is 11.2. The van der Waals surface area contributed by atoms with Crippen molar-refractivity contribution >= 4 is 22.9 Å². The monoisotopic (exact) mass is 285 g/mol. The van der Waals surface area contributed by atoms with Crippen molar-refractivity contribution in [2.75, 3.05) is 5.75 Å². The predicted molar refractivity (Wildman–Crippen MR) is 80.3 cm³/mol. The van der Waals surface area contributed by atoms with E-state index in [2.05, 4.69) is 9.55 Å². The Balaban J connectivity index is 1.97. The van der Waals surface area contributed by atoms with Gasteiger partial charge in [-0.2, -0.15) is 11.8 Å². The number of furan rings is 1. The predicted octanol–water partition coefficient (Wildman–Crippen LogP) is 3.89. The SMILES string of the molecule is Cc1ccc(-n2c(C3CCCS3)nc3cccnc32)o1. The van der Waals surface area contributed by atoms with E-state index >= 15 is 0 Å². The molecule has 0 saturated carbocycles. The minimum atomic E-state index is 0.439. The van der Waals surface area contributed by atoms with Crippen LogP contribution in [0.25, 0.3) is 17.0 Å². The fourth-order valence-corrected chi connectivity index (χ4v) is 3.94. The molecule has 0 bridgehead atoms. The lowest BCUT2D eigenvalue weighted by Crippen LogP contribution is -2.03. The first kappa shape index (κ1) is 12.0. The number of thioether (sulfide) groups is 1. The molecule has 0 aliphatic carbocycles. The van der Waals surface area contributed by atoms with Crippen LogP contribution >= 0.6 is 11.8 Å². The highest BCUT2D eigenvalue weighted by Crippen LogP contribution is 2.41. The molecule has 3 aromatic rings. The quantitative estimate of drug-likeness (QED) is 0.716. The molecule has 5 heteroatoms. The van der Waals surface area contributed by atoms with E-state index < -0.39 is 0 Å². The van der Waals surface area contributed by atoms with Gasteiger partial charge < -0.3 is 4.42 Å². The summed E-state index contributed by atoms with van der Waals surface area (Å²) in [5.74, 6) is 3.99. The van der Waals surface area contributed by atoms with Gasteiger partial charge in [-0.05, 0) is 43.7 Å². The van der Waals surface area contributed by atoms with Crippen LogP contribution in [-0.4, -0.2) is 20.3 Å². The Bertz CT molecular complexity index is 755. The van der Waals surface area contributed by atoms with Crippen LogP contribution in [0.5, 0.6) is 0 Å². The van der Waals surface area contributed by atoms with E-state index in [0.717, 1.165) is 28.6 Å². The molecule has 4 rings (SSSR count). The van der Waals surface area contributed by atoms with Crippen LogP contribution in [-0.2, 0) is 0 Å². The maximum Gasteiger partial charge on any atom is 0.206 e. The van der Waals surface area contributed by atoms with Gasteiger partial charge in [-0.15, -0.1) is 0 Å². The van der Waals surface area contributed by atoms with Gasteiger partial charge in [0.15, 0.2) is 5.65 Å². The summed E-state index contributed by atoms with van der Waals surface area (Å²) in [5.41, 5.74) is 1.81. The standard InChI is InChI=1S/C15H15N3OS/c1-10-6-7-13(19-10)18-14-11(4-2-8-16-14)17-15(18)12-5-3-9-20-12/h2,4,6-8,12H,3,5,9H2,1H3. The minimum Gasteiger partial charge on any atom is -0.445 e. The Hall–Kier alpha value is -1.75. The summed E-state index contributed by atoms with van der Waals surface area (Å²) in [6.45, 7) is 1.96. The van der Waals surface area contributed by atoms with Gasteiger partial charge in [-0.3, -0.25) is 0 Å². The Kier molecular flexibility index (Phi) is 2.80. The highest BCUT2D eigenvalue weighted by atomic mass is 32.2. The fraction of sp³-hybridized carbons (Fsp3) is 0.333. The van der Waals surface area contributed by atoms with E-state index in [4.69, 9.17) is 9.40 Å². The summed E-state index contributed by atoms with van der Waals surface area (Å²) >= 11 is 1.97. The molecule has 0 N–H and O–H groups in total. The average molecular weight is 285 g/mol. The molecule has 4 heterocycles. The summed E-state index contributed by atoms with van der Waals surface area (Å²) in [5, 5.41) is 0.439. The molecule has 0 spiro atoms. The lowest BCUT2D eigenvalue weighted by Gasteiger charge is -2.10. The Morgan fingerprint density at radius 3 is 3.05 bits per heavy atom. The number of aromatic nitrogens is 3. The molecule has 1 saturated heterocycles. The zero-order valence-corrected chi connectivity index (χ0v) is 12.1. The van der Waals surface area contributed by atoms with Crippen LogP contribution < -0.4 is 0 Å². The maximum atomic E-state index is 5.81. The van der Waals surface area contributed by atoms with Crippen molar-refractivity contribution in [1.29, 1.82) is 0 Å². The average Bonchev–Trinajstić information content (AvgIpc) is 3.16. The number of hydrogen-bond acceptors (Lipinski definition) is 4. The molecule has 1 aliphatic rings. The normalized spacial score (nSPS) is 18.9. The van der Waals surface area contributed by atoms with Crippen molar-refractivity contribution < 1.29 is 4.42 Å². The molecule has 4 nitrogen and oxygen atoms in total. The van der Waals surface area contributed by atoms with E-state index in [9.17, 15) is 0 Å². The van der Waals surface area contributed by atoms with Gasteiger partial charge in [-0.1, -0.05) is 0 Å². The van der Waals surface area contributed by atoms with Gasteiger partial charge in [0, 0.05) is 12.3 Å². The molecule has 0 radical (unpaired) electrons. The second-order valence-corrected chi connectivity index (χ2v) is 6.35. The van der Waals surface area contributed by atoms with Crippen molar-refractivity contribution in [2.24, 2.45) is 0 Å². The number of hydrogen-bond donors (Lipinski definition) is 0. The van der Waals surface area contributed by atoms with Crippen LogP contribution in [0.4, 0.5) is 0 Å². The lowest BCUT2D eigenvalue weighted by atomic mass is 10.2. The number of pyridine rings is 1. The lowest BCUT2D eigenvalue weighted by molar-refractivity contribution is 0.506. The van der Waals surface area contributed by atoms with Crippen molar-refractivity contribution in [3.8, 4) is 5.88 Å². The van der Waals surface area contributed by atoms with Gasteiger partial charge in [-0.25, -0.2) is 14.5 Å². The molecular weight excluding hydrogens is 270 g/mol. The van der Waals surface area contributed by atoms with Crippen LogP contribution in [0.15, 0.2) is 34.9 Å². The van der Waals surface area contributed by atoms with E-state index in [-0.39, 0.29) is 0 Å². The molecule has 0 amide bonds. The summed E-state index contributed by atoms with van der Waals surface area (Å²) in [4.78, 5) is 9.29. The number of aryl methyl sites for hydroxylation is 1. The van der Waals surface area contributed by atoms with Gasteiger partial charge in [0.1, 0.15) is 17.1 Å². The first-order chi connectivity index (χ1) is 9.83. The van der Waals surface area contributed by atoms with Gasteiger partial charge >= 0.3 is 0 Å². The second-order valence-electron chi connectivity index (χ2n) is 5.04. The third-order valence-corrected chi connectivity index (χ3v) is 4.98. The molecule has 1 aliphatic heterocycles. The molecule has 1 unspecified atom stereocenters. The van der Waals surface area contributed by atoms with Crippen molar-refractivity contribution in [2.45, 2.75) is 25.0 Å². The minimum absolute atomic E-state index is 0.439. The third-order valence-electron chi connectivity index (χ3n) is 3.61. The summed E-state index contributed by atoms with van der Waals surface area (Å²) in [7, 11) is 0. The molecule has 1 atom stereocenters. The summed E-state index contributed by atoms with van der Waals surface area (Å²) < 4.78 is 7.88. The summed E-state index contributed by atoms with van der Waals surface area (Å²) in [6, 6.07) is 7.92. The molecule has 20 heavy (non-hydrogen) atoms. The Morgan fingerprint density at radius 1 is 1.35 bits per heavy atom. The van der Waals surface area contributed by atoms with E-state index in [1.54, 1.807) is 0 Å². The highest BCUT2D eigenvalue weighted by Gasteiger charge is 2.26. The first-order valence-corrected chi connectivity index (χ1v) is 7.89. The largest absolute Gasteiger partial charge is 0.445 e. The molecule has 3 aromatic heterocycles. The van der Waals surface area contributed by atoms with Gasteiger partial charge in [0.05, 0.1) is 5.25 Å². The molecule has 0 aromatic carbocycles. The molecular formula is C15H15N3OS. The maximum absolute atomic E-state index is 5.81. The topological polar surface area (TPSA) is 43.9 Å². The van der Waals surface area contributed by atoms with E-state index in [0.29, 0.717) is 5.25 Å². The van der Waals surface area contributed by atoms with Crippen LogP contribution in [0.2, 0.25) is 0 Å². The van der Waals surface area contributed by atoms with Gasteiger partial charge in [0.2, 0.25) is 5.88 Å². The van der Waals surface area contributed by atoms with Crippen LogP contribution in [0, 0.1) is 6.92 Å². The fourth-order valence-electron chi connectivity index (χ4n) is 2.69. The zero-order chi connectivity index (χ0) is 13.5. The highest BCUT2D eigenvalue weighted by molar-refractivity contribution is 7.99. The second kappa shape index (κ2) is 4.66. The smallest absolute Gasteiger partial charge is 0.206 e. The van der Waals surface area contributed by atoms with Crippen LogP contribution in [0.1, 0.15) is 29.7 Å². The number of nitrogens with zero attached hydrogens (tertiary/aromatic N) is 3. The van der Waals surface area contributed by atoms with Crippen molar-refractivity contribution in [3.05, 3.63) is 42.0 Å². The van der Waals surface area contributed by atoms with E-state index in [1.807, 2.05) is 49.1 Å². The summed E-state index contributed by atoms with van der Waals surface area (Å²) in [6.07, 6.45) is 4.23. The van der Waals surface area contributed by atoms with E-state index in [1.165, 1.54) is 18.6 Å². The van der Waals surface area contributed by atoms with Crippen LogP contribution in [0.3, 0.4) is 0 Å².